The Bertz CT molecular complexity index is 229. The van der Waals surface area contributed by atoms with Crippen LogP contribution in [0.1, 0.15) is 12.8 Å². The number of rotatable bonds is 4. The van der Waals surface area contributed by atoms with E-state index in [0.717, 1.165) is 12.2 Å². The van der Waals surface area contributed by atoms with Gasteiger partial charge in [-0.25, -0.2) is 4.79 Å². The Balaban J connectivity index is 2.07. The SMILES string of the molecule is O=C(O)CNC(=O)NCC1CCCSC1. The van der Waals surface area contributed by atoms with Crippen molar-refractivity contribution in [1.29, 1.82) is 0 Å². The molecule has 0 spiro atoms. The monoisotopic (exact) mass is 232 g/mol. The summed E-state index contributed by atoms with van der Waals surface area (Å²) in [6.45, 7) is 0.309. The lowest BCUT2D eigenvalue weighted by Gasteiger charge is -2.21. The highest BCUT2D eigenvalue weighted by atomic mass is 32.2. The number of nitrogens with one attached hydrogen (secondary N) is 2. The van der Waals surface area contributed by atoms with Crippen molar-refractivity contribution >= 4 is 23.8 Å². The zero-order valence-electron chi connectivity index (χ0n) is 8.49. The number of carboxylic acid groups (broad SMARTS) is 1. The van der Waals surface area contributed by atoms with Crippen molar-refractivity contribution in [1.82, 2.24) is 10.6 Å². The van der Waals surface area contributed by atoms with Crippen LogP contribution in [0.3, 0.4) is 0 Å². The van der Waals surface area contributed by atoms with Gasteiger partial charge in [-0.2, -0.15) is 11.8 Å². The molecule has 0 aromatic heterocycles. The van der Waals surface area contributed by atoms with E-state index >= 15 is 0 Å². The molecule has 1 fully saturated rings. The van der Waals surface area contributed by atoms with Crippen LogP contribution in [0.15, 0.2) is 0 Å². The Labute approximate surface area is 93.0 Å². The Morgan fingerprint density at radius 1 is 1.40 bits per heavy atom. The normalized spacial score (nSPS) is 20.7. The number of carbonyl (C=O) groups excluding carboxylic acids is 1. The van der Waals surface area contributed by atoms with Gasteiger partial charge in [0.2, 0.25) is 0 Å². The van der Waals surface area contributed by atoms with Gasteiger partial charge < -0.3 is 15.7 Å². The predicted molar refractivity (Wildman–Crippen MR) is 59.1 cm³/mol. The highest BCUT2D eigenvalue weighted by Crippen LogP contribution is 2.21. The van der Waals surface area contributed by atoms with Crippen molar-refractivity contribution < 1.29 is 14.7 Å². The van der Waals surface area contributed by atoms with Crippen molar-refractivity contribution in [2.45, 2.75) is 12.8 Å². The molecule has 2 amide bonds. The van der Waals surface area contributed by atoms with E-state index in [4.69, 9.17) is 5.11 Å². The summed E-state index contributed by atoms with van der Waals surface area (Å²) >= 11 is 1.91. The van der Waals surface area contributed by atoms with E-state index in [0.29, 0.717) is 12.5 Å². The van der Waals surface area contributed by atoms with Crippen molar-refractivity contribution in [3.05, 3.63) is 0 Å². The van der Waals surface area contributed by atoms with E-state index in [2.05, 4.69) is 10.6 Å². The molecule has 3 N–H and O–H groups in total. The Hall–Kier alpha value is -0.910. The number of hydrogen-bond acceptors (Lipinski definition) is 3. The molecule has 1 aliphatic heterocycles. The zero-order chi connectivity index (χ0) is 11.1. The van der Waals surface area contributed by atoms with Gasteiger partial charge in [-0.05, 0) is 30.3 Å². The third kappa shape index (κ3) is 5.51. The summed E-state index contributed by atoms with van der Waals surface area (Å²) in [5.74, 6) is 1.79. The molecule has 0 saturated carbocycles. The number of aliphatic carboxylic acids is 1. The summed E-state index contributed by atoms with van der Waals surface area (Å²) < 4.78 is 0. The zero-order valence-corrected chi connectivity index (χ0v) is 9.31. The summed E-state index contributed by atoms with van der Waals surface area (Å²) in [7, 11) is 0. The maximum Gasteiger partial charge on any atom is 0.323 e. The standard InChI is InChI=1S/C9H16N2O3S/c12-8(13)5-11-9(14)10-4-7-2-1-3-15-6-7/h7H,1-6H2,(H,12,13)(H2,10,11,14). The molecule has 1 unspecified atom stereocenters. The van der Waals surface area contributed by atoms with Gasteiger partial charge in [0, 0.05) is 6.54 Å². The van der Waals surface area contributed by atoms with Gasteiger partial charge in [-0.15, -0.1) is 0 Å². The number of hydrogen-bond donors (Lipinski definition) is 3. The summed E-state index contributed by atoms with van der Waals surface area (Å²) in [6.07, 6.45) is 2.35. The first-order chi connectivity index (χ1) is 7.18. The maximum atomic E-state index is 11.1. The minimum atomic E-state index is -1.03. The molecule has 86 valence electrons. The number of carboxylic acids is 1. The van der Waals surface area contributed by atoms with Crippen molar-refractivity contribution in [2.75, 3.05) is 24.6 Å². The van der Waals surface area contributed by atoms with Crippen LogP contribution in [0.5, 0.6) is 0 Å². The average Bonchev–Trinajstić information content (AvgIpc) is 2.25. The summed E-state index contributed by atoms with van der Waals surface area (Å²) in [6, 6.07) is -0.395. The van der Waals surface area contributed by atoms with Crippen molar-refractivity contribution in [2.24, 2.45) is 5.92 Å². The lowest BCUT2D eigenvalue weighted by molar-refractivity contribution is -0.135. The summed E-state index contributed by atoms with van der Waals surface area (Å²) in [5, 5.41) is 13.3. The number of carbonyl (C=O) groups is 2. The summed E-state index contributed by atoms with van der Waals surface area (Å²) in [4.78, 5) is 21.3. The number of urea groups is 1. The van der Waals surface area contributed by atoms with E-state index in [-0.39, 0.29) is 6.54 Å². The molecule has 0 bridgehead atoms. The lowest BCUT2D eigenvalue weighted by Crippen LogP contribution is -2.41. The minimum Gasteiger partial charge on any atom is -0.480 e. The van der Waals surface area contributed by atoms with Gasteiger partial charge in [0.05, 0.1) is 0 Å². The Morgan fingerprint density at radius 3 is 2.80 bits per heavy atom. The topological polar surface area (TPSA) is 78.4 Å². The second-order valence-corrected chi connectivity index (χ2v) is 4.69. The van der Waals surface area contributed by atoms with Crippen LogP contribution >= 0.6 is 11.8 Å². The molecule has 0 aromatic rings. The van der Waals surface area contributed by atoms with Crippen LogP contribution in [0.4, 0.5) is 4.79 Å². The maximum absolute atomic E-state index is 11.1. The molecule has 1 heterocycles. The van der Waals surface area contributed by atoms with E-state index in [1.165, 1.54) is 12.2 Å². The second-order valence-electron chi connectivity index (χ2n) is 3.54. The molecule has 5 nitrogen and oxygen atoms in total. The third-order valence-corrected chi connectivity index (χ3v) is 3.49. The van der Waals surface area contributed by atoms with Crippen LogP contribution in [-0.2, 0) is 4.79 Å². The minimum absolute atomic E-state index is 0.328. The lowest BCUT2D eigenvalue weighted by atomic mass is 10.1. The molecule has 6 heteroatoms. The fraction of sp³-hybridized carbons (Fsp3) is 0.778. The van der Waals surface area contributed by atoms with Gasteiger partial charge in [0.1, 0.15) is 6.54 Å². The van der Waals surface area contributed by atoms with Gasteiger partial charge in [0.25, 0.3) is 0 Å². The Kier molecular flexibility index (Phi) is 5.31. The predicted octanol–water partition coefficient (Wildman–Crippen LogP) is 0.513. The first-order valence-electron chi connectivity index (χ1n) is 4.99. The smallest absolute Gasteiger partial charge is 0.323 e. The largest absolute Gasteiger partial charge is 0.480 e. The van der Waals surface area contributed by atoms with Crippen molar-refractivity contribution in [3.8, 4) is 0 Å². The fourth-order valence-corrected chi connectivity index (χ4v) is 2.58. The van der Waals surface area contributed by atoms with Gasteiger partial charge in [0.15, 0.2) is 0 Å². The molecule has 0 aromatic carbocycles. The molecule has 1 saturated heterocycles. The molecular formula is C9H16N2O3S. The first-order valence-corrected chi connectivity index (χ1v) is 6.15. The van der Waals surface area contributed by atoms with E-state index in [1.807, 2.05) is 11.8 Å². The molecule has 1 aliphatic rings. The highest BCUT2D eigenvalue weighted by Gasteiger charge is 2.14. The average molecular weight is 232 g/mol. The van der Waals surface area contributed by atoms with E-state index < -0.39 is 12.0 Å². The van der Waals surface area contributed by atoms with Crippen LogP contribution in [0, 0.1) is 5.92 Å². The molecular weight excluding hydrogens is 216 g/mol. The number of thioether (sulfide) groups is 1. The van der Waals surface area contributed by atoms with Crippen LogP contribution in [-0.4, -0.2) is 41.7 Å². The fourth-order valence-electron chi connectivity index (χ4n) is 1.42. The van der Waals surface area contributed by atoms with Crippen LogP contribution in [0.2, 0.25) is 0 Å². The summed E-state index contributed by atoms with van der Waals surface area (Å²) in [5.41, 5.74) is 0. The third-order valence-electron chi connectivity index (χ3n) is 2.21. The Morgan fingerprint density at radius 2 is 2.20 bits per heavy atom. The number of amides is 2. The van der Waals surface area contributed by atoms with Crippen LogP contribution in [0.25, 0.3) is 0 Å². The van der Waals surface area contributed by atoms with Gasteiger partial charge in [-0.3, -0.25) is 4.79 Å². The van der Waals surface area contributed by atoms with E-state index in [9.17, 15) is 9.59 Å². The quantitative estimate of drug-likeness (QED) is 0.660. The highest BCUT2D eigenvalue weighted by molar-refractivity contribution is 7.99. The molecule has 15 heavy (non-hydrogen) atoms. The molecule has 1 rings (SSSR count). The first kappa shape index (κ1) is 12.2. The molecule has 1 atom stereocenters. The molecule has 0 aliphatic carbocycles. The van der Waals surface area contributed by atoms with Gasteiger partial charge >= 0.3 is 12.0 Å². The van der Waals surface area contributed by atoms with Crippen molar-refractivity contribution in [3.63, 3.8) is 0 Å². The van der Waals surface area contributed by atoms with E-state index in [1.54, 1.807) is 0 Å². The molecule has 0 radical (unpaired) electrons. The van der Waals surface area contributed by atoms with Gasteiger partial charge in [-0.1, -0.05) is 0 Å². The second kappa shape index (κ2) is 6.55. The van der Waals surface area contributed by atoms with Crippen LogP contribution < -0.4 is 10.6 Å².